The minimum Gasteiger partial charge on any atom is -0.507 e. The number of hydrogen-bond acceptors (Lipinski definition) is 6. The molecule has 1 aliphatic rings. The van der Waals surface area contributed by atoms with Crippen LogP contribution in [0.2, 0.25) is 0 Å². The number of aromatic nitrogens is 4. The zero-order valence-electron chi connectivity index (χ0n) is 13.6. The first-order chi connectivity index (χ1) is 11.6. The van der Waals surface area contributed by atoms with Gasteiger partial charge >= 0.3 is 0 Å². The van der Waals surface area contributed by atoms with Crippen LogP contribution in [-0.4, -0.2) is 50.1 Å². The summed E-state index contributed by atoms with van der Waals surface area (Å²) in [5, 5.41) is 23.0. The molecule has 7 nitrogen and oxygen atoms in total. The maximum atomic E-state index is 10.1. The van der Waals surface area contributed by atoms with Crippen LogP contribution in [0.5, 0.6) is 5.75 Å². The Hall–Kier alpha value is -2.67. The minimum atomic E-state index is 0.183. The van der Waals surface area contributed by atoms with Crippen molar-refractivity contribution < 1.29 is 5.11 Å². The quantitative estimate of drug-likeness (QED) is 0.749. The maximum absolute atomic E-state index is 10.1. The van der Waals surface area contributed by atoms with Crippen molar-refractivity contribution in [2.75, 3.05) is 25.9 Å². The van der Waals surface area contributed by atoms with E-state index in [0.29, 0.717) is 22.6 Å². The van der Waals surface area contributed by atoms with Gasteiger partial charge in [-0.3, -0.25) is 4.68 Å². The van der Waals surface area contributed by atoms with Crippen LogP contribution in [-0.2, 0) is 0 Å². The maximum Gasteiger partial charge on any atom is 0.174 e. The predicted octanol–water partition coefficient (Wildman–Crippen LogP) is 2.05. The Morgan fingerprint density at radius 2 is 2.08 bits per heavy atom. The Balaban J connectivity index is 1.83. The van der Waals surface area contributed by atoms with Crippen LogP contribution in [0, 0.1) is 0 Å². The highest BCUT2D eigenvalue weighted by Gasteiger charge is 2.23. The summed E-state index contributed by atoms with van der Waals surface area (Å²) in [6.45, 7) is 2.04. The van der Waals surface area contributed by atoms with E-state index < -0.39 is 0 Å². The number of piperidine rings is 1. The molecule has 0 saturated carbocycles. The summed E-state index contributed by atoms with van der Waals surface area (Å²) in [6, 6.07) is 9.29. The molecular weight excluding hydrogens is 304 g/mol. The second kappa shape index (κ2) is 5.76. The number of para-hydroxylation sites is 1. The lowest BCUT2D eigenvalue weighted by Gasteiger charge is -2.30. The van der Waals surface area contributed by atoms with Crippen LogP contribution in [0.4, 0.5) is 5.82 Å². The van der Waals surface area contributed by atoms with E-state index in [-0.39, 0.29) is 11.8 Å². The first kappa shape index (κ1) is 14.9. The molecule has 3 aromatic rings. The van der Waals surface area contributed by atoms with E-state index in [0.717, 1.165) is 31.4 Å². The van der Waals surface area contributed by atoms with E-state index in [1.807, 2.05) is 22.9 Å². The second-order valence-electron chi connectivity index (χ2n) is 6.37. The molecule has 0 bridgehead atoms. The van der Waals surface area contributed by atoms with Crippen LogP contribution in [0.3, 0.4) is 0 Å². The third-order valence-electron chi connectivity index (χ3n) is 4.60. The van der Waals surface area contributed by atoms with Crippen molar-refractivity contribution in [3.8, 4) is 17.0 Å². The lowest BCUT2D eigenvalue weighted by atomic mass is 10.1. The Labute approximate surface area is 139 Å². The Morgan fingerprint density at radius 1 is 1.25 bits per heavy atom. The molecule has 3 N–H and O–H groups in total. The van der Waals surface area contributed by atoms with Crippen molar-refractivity contribution in [1.82, 2.24) is 24.9 Å². The zero-order valence-corrected chi connectivity index (χ0v) is 13.6. The predicted molar refractivity (Wildman–Crippen MR) is 92.6 cm³/mol. The van der Waals surface area contributed by atoms with E-state index in [1.54, 1.807) is 12.1 Å². The molecule has 4 rings (SSSR count). The molecule has 1 saturated heterocycles. The molecule has 1 unspecified atom stereocenters. The van der Waals surface area contributed by atoms with Gasteiger partial charge in [0, 0.05) is 12.1 Å². The molecule has 1 aromatic carbocycles. The van der Waals surface area contributed by atoms with Crippen molar-refractivity contribution >= 4 is 16.9 Å². The van der Waals surface area contributed by atoms with Crippen molar-refractivity contribution in [2.45, 2.75) is 18.9 Å². The summed E-state index contributed by atoms with van der Waals surface area (Å²) in [5.41, 5.74) is 8.78. The summed E-state index contributed by atoms with van der Waals surface area (Å²) >= 11 is 0. The van der Waals surface area contributed by atoms with Gasteiger partial charge in [0.1, 0.15) is 5.75 Å². The Kier molecular flexibility index (Phi) is 3.57. The number of benzene rings is 1. The SMILES string of the molecule is CN1CCCC(n2nc(N)c3nnc(-c4ccccc4O)cc32)C1. The average molecular weight is 324 g/mol. The molecule has 1 fully saturated rings. The molecule has 124 valence electrons. The first-order valence-corrected chi connectivity index (χ1v) is 8.12. The van der Waals surface area contributed by atoms with Crippen LogP contribution in [0.25, 0.3) is 22.3 Å². The lowest BCUT2D eigenvalue weighted by Crippen LogP contribution is -2.34. The first-order valence-electron chi connectivity index (χ1n) is 8.12. The van der Waals surface area contributed by atoms with E-state index in [2.05, 4.69) is 27.2 Å². The fraction of sp³-hybridized carbons (Fsp3) is 0.353. The fourth-order valence-corrected chi connectivity index (χ4v) is 3.40. The van der Waals surface area contributed by atoms with Gasteiger partial charge in [-0.25, -0.2) is 0 Å². The molecule has 2 aromatic heterocycles. The van der Waals surface area contributed by atoms with Gasteiger partial charge in [0.2, 0.25) is 0 Å². The number of rotatable bonds is 2. The van der Waals surface area contributed by atoms with E-state index in [9.17, 15) is 5.11 Å². The highest BCUT2D eigenvalue weighted by molar-refractivity contribution is 5.87. The normalized spacial score (nSPS) is 19.0. The number of hydrogen-bond donors (Lipinski definition) is 2. The van der Waals surface area contributed by atoms with Gasteiger partial charge in [0.15, 0.2) is 11.3 Å². The highest BCUT2D eigenvalue weighted by atomic mass is 16.3. The number of phenols is 1. The van der Waals surface area contributed by atoms with Crippen LogP contribution >= 0.6 is 0 Å². The summed E-state index contributed by atoms with van der Waals surface area (Å²) in [6.07, 6.45) is 2.20. The lowest BCUT2D eigenvalue weighted by molar-refractivity contribution is 0.206. The van der Waals surface area contributed by atoms with Crippen molar-refractivity contribution in [3.63, 3.8) is 0 Å². The highest BCUT2D eigenvalue weighted by Crippen LogP contribution is 2.31. The van der Waals surface area contributed by atoms with Gasteiger partial charge in [0.25, 0.3) is 0 Å². The summed E-state index contributed by atoms with van der Waals surface area (Å²) in [7, 11) is 2.12. The number of nitrogen functional groups attached to an aromatic ring is 1. The van der Waals surface area contributed by atoms with Crippen LogP contribution in [0.1, 0.15) is 18.9 Å². The second-order valence-corrected chi connectivity index (χ2v) is 6.37. The van der Waals surface area contributed by atoms with Crippen LogP contribution < -0.4 is 5.73 Å². The number of aromatic hydroxyl groups is 1. The summed E-state index contributed by atoms with van der Waals surface area (Å²) < 4.78 is 1.97. The van der Waals surface area contributed by atoms with Crippen molar-refractivity contribution in [2.24, 2.45) is 0 Å². The minimum absolute atomic E-state index is 0.183. The molecule has 7 heteroatoms. The zero-order chi connectivity index (χ0) is 16.7. The summed E-state index contributed by atoms with van der Waals surface area (Å²) in [4.78, 5) is 2.30. The number of likely N-dealkylation sites (tertiary alicyclic amines) is 1. The molecule has 0 amide bonds. The monoisotopic (exact) mass is 324 g/mol. The molecule has 1 aliphatic heterocycles. The smallest absolute Gasteiger partial charge is 0.174 e. The molecule has 0 spiro atoms. The van der Waals surface area contributed by atoms with Gasteiger partial charge in [-0.15, -0.1) is 10.2 Å². The number of phenolic OH excluding ortho intramolecular Hbond substituents is 1. The van der Waals surface area contributed by atoms with Gasteiger partial charge < -0.3 is 15.7 Å². The summed E-state index contributed by atoms with van der Waals surface area (Å²) in [5.74, 6) is 0.581. The number of anilines is 1. The van der Waals surface area contributed by atoms with Gasteiger partial charge in [0.05, 0.1) is 17.3 Å². The molecule has 24 heavy (non-hydrogen) atoms. The fourth-order valence-electron chi connectivity index (χ4n) is 3.40. The van der Waals surface area contributed by atoms with Crippen LogP contribution in [0.15, 0.2) is 30.3 Å². The van der Waals surface area contributed by atoms with E-state index in [1.165, 1.54) is 0 Å². The number of nitrogens with two attached hydrogens (primary N) is 1. The third-order valence-corrected chi connectivity index (χ3v) is 4.60. The van der Waals surface area contributed by atoms with E-state index >= 15 is 0 Å². The number of fused-ring (bicyclic) bond motifs is 1. The molecule has 0 aliphatic carbocycles. The van der Waals surface area contributed by atoms with Gasteiger partial charge in [-0.2, -0.15) is 5.10 Å². The Bertz CT molecular complexity index is 890. The third kappa shape index (κ3) is 2.46. The average Bonchev–Trinajstić information content (AvgIpc) is 2.92. The van der Waals surface area contributed by atoms with Gasteiger partial charge in [-0.1, -0.05) is 12.1 Å². The molecular formula is C17H20N6O. The molecule has 1 atom stereocenters. The van der Waals surface area contributed by atoms with Gasteiger partial charge in [-0.05, 0) is 44.6 Å². The van der Waals surface area contributed by atoms with E-state index in [4.69, 9.17) is 5.73 Å². The topological polar surface area (TPSA) is 93.1 Å². The molecule has 3 heterocycles. The molecule has 0 radical (unpaired) electrons. The standard InChI is InChI=1S/C17H20N6O/c1-22-8-4-5-11(10-22)23-14-9-13(12-6-2-3-7-15(12)24)19-20-16(14)17(18)21-23/h2-3,6-7,9,11,24H,4-5,8,10H2,1H3,(H2,18,21). The number of nitrogens with zero attached hydrogens (tertiary/aromatic N) is 5. The number of likely N-dealkylation sites (N-methyl/N-ethyl adjacent to an activating group) is 1. The van der Waals surface area contributed by atoms with Crippen molar-refractivity contribution in [3.05, 3.63) is 30.3 Å². The van der Waals surface area contributed by atoms with Crippen molar-refractivity contribution in [1.29, 1.82) is 0 Å². The Morgan fingerprint density at radius 3 is 2.88 bits per heavy atom. The largest absolute Gasteiger partial charge is 0.507 e.